The number of aromatic nitrogens is 3. The highest BCUT2D eigenvalue weighted by atomic mass is 32.1. The van der Waals surface area contributed by atoms with E-state index in [-0.39, 0.29) is 11.9 Å². The van der Waals surface area contributed by atoms with Crippen LogP contribution >= 0.6 is 23.6 Å². The van der Waals surface area contributed by atoms with Crippen LogP contribution < -0.4 is 0 Å². The molecular formula is C13H12FN3S2. The minimum atomic E-state index is -0.281. The number of thiazole rings is 1. The Morgan fingerprint density at radius 3 is 3.05 bits per heavy atom. The number of nitrogens with one attached hydrogen (secondary N) is 1. The maximum atomic E-state index is 13.8. The van der Waals surface area contributed by atoms with Gasteiger partial charge in [0, 0.05) is 11.6 Å². The second kappa shape index (κ2) is 4.86. The molecule has 0 spiro atoms. The second-order valence-corrected chi connectivity index (χ2v) is 5.54. The third kappa shape index (κ3) is 2.01. The Morgan fingerprint density at radius 1 is 1.53 bits per heavy atom. The summed E-state index contributed by atoms with van der Waals surface area (Å²) >= 11 is 6.94. The lowest BCUT2D eigenvalue weighted by Gasteiger charge is -2.15. The van der Waals surface area contributed by atoms with Gasteiger partial charge in [-0.1, -0.05) is 13.0 Å². The molecule has 0 aliphatic heterocycles. The van der Waals surface area contributed by atoms with Crippen molar-refractivity contribution in [3.05, 3.63) is 45.4 Å². The Balaban J connectivity index is 2.27. The molecule has 1 aromatic carbocycles. The minimum Gasteiger partial charge on any atom is -0.328 e. The second-order valence-electron chi connectivity index (χ2n) is 4.23. The van der Waals surface area contributed by atoms with Crippen molar-refractivity contribution in [1.82, 2.24) is 14.5 Å². The Kier molecular flexibility index (Phi) is 3.20. The number of H-pyrrole nitrogens is 1. The van der Waals surface area contributed by atoms with Gasteiger partial charge in [-0.2, -0.15) is 0 Å². The number of rotatable bonds is 3. The highest BCUT2D eigenvalue weighted by Crippen LogP contribution is 2.29. The van der Waals surface area contributed by atoms with Crippen molar-refractivity contribution >= 4 is 34.6 Å². The van der Waals surface area contributed by atoms with Crippen molar-refractivity contribution < 1.29 is 4.39 Å². The van der Waals surface area contributed by atoms with E-state index < -0.39 is 0 Å². The lowest BCUT2D eigenvalue weighted by molar-refractivity contribution is 0.571. The lowest BCUT2D eigenvalue weighted by Crippen LogP contribution is -2.09. The van der Waals surface area contributed by atoms with E-state index >= 15 is 0 Å². The zero-order valence-corrected chi connectivity index (χ0v) is 11.9. The first-order chi connectivity index (χ1) is 9.22. The molecule has 0 saturated carbocycles. The highest BCUT2D eigenvalue weighted by molar-refractivity contribution is 7.71. The van der Waals surface area contributed by atoms with E-state index in [1.54, 1.807) is 23.6 Å². The molecule has 1 atom stereocenters. The van der Waals surface area contributed by atoms with Gasteiger partial charge in [0.25, 0.3) is 0 Å². The van der Waals surface area contributed by atoms with Gasteiger partial charge in [-0.15, -0.1) is 11.3 Å². The molecule has 1 N–H and O–H groups in total. The van der Waals surface area contributed by atoms with Crippen LogP contribution in [0.25, 0.3) is 11.0 Å². The summed E-state index contributed by atoms with van der Waals surface area (Å²) in [4.78, 5) is 7.31. The van der Waals surface area contributed by atoms with E-state index in [0.29, 0.717) is 10.3 Å². The van der Waals surface area contributed by atoms with Gasteiger partial charge < -0.3 is 9.55 Å². The Labute approximate surface area is 118 Å². The number of hydrogen-bond donors (Lipinski definition) is 1. The number of hydrogen-bond acceptors (Lipinski definition) is 3. The quantitative estimate of drug-likeness (QED) is 0.731. The monoisotopic (exact) mass is 293 g/mol. The van der Waals surface area contributed by atoms with Crippen molar-refractivity contribution in [2.75, 3.05) is 0 Å². The van der Waals surface area contributed by atoms with E-state index in [1.807, 2.05) is 16.0 Å². The van der Waals surface area contributed by atoms with Crippen LogP contribution in [0.1, 0.15) is 24.4 Å². The Bertz CT molecular complexity index is 758. The van der Waals surface area contributed by atoms with Gasteiger partial charge in [0.1, 0.15) is 16.3 Å². The Hall–Kier alpha value is -1.53. The SMILES string of the molecule is CCC(c1nccs1)n1c(=S)[nH]c2c(F)cccc21. The zero-order chi connectivity index (χ0) is 13.4. The first-order valence-corrected chi connectivity index (χ1v) is 7.29. The summed E-state index contributed by atoms with van der Waals surface area (Å²) in [5.41, 5.74) is 1.24. The number of imidazole rings is 1. The summed E-state index contributed by atoms with van der Waals surface area (Å²) in [5, 5.41) is 2.93. The summed E-state index contributed by atoms with van der Waals surface area (Å²) in [6.07, 6.45) is 2.63. The van der Waals surface area contributed by atoms with Crippen LogP contribution in [0.2, 0.25) is 0 Å². The number of halogens is 1. The predicted octanol–water partition coefficient (Wildman–Crippen LogP) is 4.29. The molecule has 98 valence electrons. The molecule has 0 fully saturated rings. The fourth-order valence-electron chi connectivity index (χ4n) is 2.29. The van der Waals surface area contributed by atoms with E-state index in [1.165, 1.54) is 6.07 Å². The maximum absolute atomic E-state index is 13.8. The van der Waals surface area contributed by atoms with Crippen molar-refractivity contribution in [2.24, 2.45) is 0 Å². The number of fused-ring (bicyclic) bond motifs is 1. The van der Waals surface area contributed by atoms with Gasteiger partial charge in [-0.25, -0.2) is 9.37 Å². The van der Waals surface area contributed by atoms with E-state index in [4.69, 9.17) is 12.2 Å². The molecule has 0 bridgehead atoms. The molecule has 3 aromatic rings. The topological polar surface area (TPSA) is 33.6 Å². The van der Waals surface area contributed by atoms with Crippen LogP contribution in [0.4, 0.5) is 4.39 Å². The summed E-state index contributed by atoms with van der Waals surface area (Å²) < 4.78 is 16.3. The number of para-hydroxylation sites is 1. The maximum Gasteiger partial charge on any atom is 0.178 e. The van der Waals surface area contributed by atoms with Crippen LogP contribution in [0.15, 0.2) is 29.8 Å². The fraction of sp³-hybridized carbons (Fsp3) is 0.231. The molecule has 2 aromatic heterocycles. The van der Waals surface area contributed by atoms with E-state index in [0.717, 1.165) is 16.9 Å². The summed E-state index contributed by atoms with van der Waals surface area (Å²) in [6, 6.07) is 5.05. The van der Waals surface area contributed by atoms with Gasteiger partial charge in [0.2, 0.25) is 0 Å². The molecule has 0 radical (unpaired) electrons. The van der Waals surface area contributed by atoms with Crippen molar-refractivity contribution in [3.63, 3.8) is 0 Å². The molecule has 0 saturated heterocycles. The molecule has 19 heavy (non-hydrogen) atoms. The largest absolute Gasteiger partial charge is 0.328 e. The first kappa shape index (κ1) is 12.5. The van der Waals surface area contributed by atoms with Crippen molar-refractivity contribution in [2.45, 2.75) is 19.4 Å². The molecule has 1 unspecified atom stereocenters. The van der Waals surface area contributed by atoms with Gasteiger partial charge in [-0.05, 0) is 30.8 Å². The standard InChI is InChI=1S/C13H12FN3S2/c1-2-9(12-15-6-7-19-12)17-10-5-3-4-8(14)11(10)16-13(17)18/h3-7,9H,2H2,1H3,(H,16,18). The van der Waals surface area contributed by atoms with Crippen molar-refractivity contribution in [1.29, 1.82) is 0 Å². The lowest BCUT2D eigenvalue weighted by atomic mass is 10.2. The predicted molar refractivity (Wildman–Crippen MR) is 77.6 cm³/mol. The number of benzene rings is 1. The molecular weight excluding hydrogens is 281 g/mol. The van der Waals surface area contributed by atoms with Crippen LogP contribution in [-0.4, -0.2) is 14.5 Å². The Morgan fingerprint density at radius 2 is 2.37 bits per heavy atom. The molecule has 0 aliphatic rings. The molecule has 0 aliphatic carbocycles. The minimum absolute atomic E-state index is 0.0445. The zero-order valence-electron chi connectivity index (χ0n) is 10.3. The van der Waals surface area contributed by atoms with Crippen LogP contribution in [-0.2, 0) is 0 Å². The van der Waals surface area contributed by atoms with Gasteiger partial charge in [-0.3, -0.25) is 0 Å². The highest BCUT2D eigenvalue weighted by Gasteiger charge is 2.19. The average Bonchev–Trinajstić information content (AvgIpc) is 3.01. The number of aromatic amines is 1. The molecule has 3 nitrogen and oxygen atoms in total. The average molecular weight is 293 g/mol. The smallest absolute Gasteiger partial charge is 0.178 e. The summed E-state index contributed by atoms with van der Waals surface area (Å²) in [7, 11) is 0. The summed E-state index contributed by atoms with van der Waals surface area (Å²) in [5.74, 6) is -0.281. The first-order valence-electron chi connectivity index (χ1n) is 6.00. The summed E-state index contributed by atoms with van der Waals surface area (Å²) in [6.45, 7) is 2.08. The van der Waals surface area contributed by atoms with E-state index in [9.17, 15) is 4.39 Å². The fourth-order valence-corrected chi connectivity index (χ4v) is 3.43. The van der Waals surface area contributed by atoms with Gasteiger partial charge in [0.15, 0.2) is 4.77 Å². The van der Waals surface area contributed by atoms with Crippen LogP contribution in [0.5, 0.6) is 0 Å². The van der Waals surface area contributed by atoms with Crippen LogP contribution in [0.3, 0.4) is 0 Å². The third-order valence-corrected chi connectivity index (χ3v) is 4.31. The molecule has 0 amide bonds. The molecule has 3 rings (SSSR count). The third-order valence-electron chi connectivity index (χ3n) is 3.14. The molecule has 6 heteroatoms. The van der Waals surface area contributed by atoms with E-state index in [2.05, 4.69) is 16.9 Å². The van der Waals surface area contributed by atoms with Gasteiger partial charge in [0.05, 0.1) is 11.6 Å². The van der Waals surface area contributed by atoms with Crippen molar-refractivity contribution in [3.8, 4) is 0 Å². The van der Waals surface area contributed by atoms with Gasteiger partial charge >= 0.3 is 0 Å². The van der Waals surface area contributed by atoms with Crippen LogP contribution in [0, 0.1) is 10.6 Å². The number of nitrogens with zero attached hydrogens (tertiary/aromatic N) is 2. The molecule has 2 heterocycles. The normalized spacial score (nSPS) is 12.9.